The molecule has 2 nitrogen and oxygen atoms in total. The van der Waals surface area contributed by atoms with Gasteiger partial charge in [-0.05, 0) is 48.0 Å². The van der Waals surface area contributed by atoms with Crippen molar-refractivity contribution in [1.29, 1.82) is 0 Å². The molecular weight excluding hydrogens is 282 g/mol. The molecule has 102 valence electrons. The number of nitrogens with zero attached hydrogens (tertiary/aromatic N) is 1. The lowest BCUT2D eigenvalue weighted by Gasteiger charge is -2.00. The third-order valence-corrected chi connectivity index (χ3v) is 3.44. The number of aromatic nitrogens is 1. The van der Waals surface area contributed by atoms with Crippen molar-refractivity contribution >= 4 is 34.4 Å². The van der Waals surface area contributed by atoms with Crippen molar-refractivity contribution < 1.29 is 4.79 Å². The molecule has 0 unspecified atom stereocenters. The molecule has 0 aliphatic heterocycles. The summed E-state index contributed by atoms with van der Waals surface area (Å²) in [5.74, 6) is -0.0318. The van der Waals surface area contributed by atoms with Gasteiger partial charge >= 0.3 is 0 Å². The average molecular weight is 294 g/mol. The molecule has 2 aromatic carbocycles. The zero-order chi connectivity index (χ0) is 14.7. The van der Waals surface area contributed by atoms with Crippen LogP contribution in [0, 0.1) is 0 Å². The first-order valence-corrected chi connectivity index (χ1v) is 6.93. The smallest absolute Gasteiger partial charge is 0.185 e. The minimum absolute atomic E-state index is 0.0318. The van der Waals surface area contributed by atoms with Crippen LogP contribution in [-0.4, -0.2) is 10.8 Å². The van der Waals surface area contributed by atoms with Crippen LogP contribution in [0.25, 0.3) is 17.0 Å². The average Bonchev–Trinajstić information content (AvgIpc) is 2.53. The number of hydrogen-bond donors (Lipinski definition) is 0. The second-order valence-corrected chi connectivity index (χ2v) is 5.10. The number of hydrogen-bond acceptors (Lipinski definition) is 2. The van der Waals surface area contributed by atoms with Crippen LogP contribution in [0.2, 0.25) is 5.02 Å². The highest BCUT2D eigenvalue weighted by atomic mass is 35.5. The number of fused-ring (bicyclic) bond motifs is 1. The van der Waals surface area contributed by atoms with Crippen LogP contribution in [-0.2, 0) is 0 Å². The number of ketones is 1. The van der Waals surface area contributed by atoms with Gasteiger partial charge in [0.1, 0.15) is 0 Å². The van der Waals surface area contributed by atoms with E-state index in [1.807, 2.05) is 36.4 Å². The minimum Gasteiger partial charge on any atom is -0.289 e. The Morgan fingerprint density at radius 1 is 1.05 bits per heavy atom. The number of halogens is 1. The second kappa shape index (κ2) is 5.90. The lowest BCUT2D eigenvalue weighted by atomic mass is 10.1. The maximum atomic E-state index is 12.2. The van der Waals surface area contributed by atoms with Gasteiger partial charge in [-0.1, -0.05) is 35.9 Å². The van der Waals surface area contributed by atoms with E-state index < -0.39 is 0 Å². The van der Waals surface area contributed by atoms with Crippen LogP contribution in [0.1, 0.15) is 15.9 Å². The van der Waals surface area contributed by atoms with E-state index in [-0.39, 0.29) is 5.78 Å². The van der Waals surface area contributed by atoms with E-state index in [9.17, 15) is 4.79 Å². The Balaban J connectivity index is 1.84. The van der Waals surface area contributed by atoms with Crippen LogP contribution in [0.3, 0.4) is 0 Å². The summed E-state index contributed by atoms with van der Waals surface area (Å²) in [4.78, 5) is 16.4. The molecule has 3 heteroatoms. The Kier molecular flexibility index (Phi) is 3.80. The maximum Gasteiger partial charge on any atom is 0.185 e. The first-order chi connectivity index (χ1) is 10.2. The number of rotatable bonds is 3. The monoisotopic (exact) mass is 293 g/mol. The molecule has 0 amide bonds. The molecule has 0 aliphatic rings. The fourth-order valence-corrected chi connectivity index (χ4v) is 2.20. The molecule has 0 saturated carbocycles. The lowest BCUT2D eigenvalue weighted by molar-refractivity contribution is 0.104. The van der Waals surface area contributed by atoms with E-state index >= 15 is 0 Å². The van der Waals surface area contributed by atoms with Gasteiger partial charge in [-0.2, -0.15) is 0 Å². The zero-order valence-corrected chi connectivity index (χ0v) is 11.9. The summed E-state index contributed by atoms with van der Waals surface area (Å²) < 4.78 is 0. The summed E-state index contributed by atoms with van der Waals surface area (Å²) in [7, 11) is 0. The fraction of sp³-hybridized carbons (Fsp3) is 0. The van der Waals surface area contributed by atoms with E-state index in [0.717, 1.165) is 16.5 Å². The third kappa shape index (κ3) is 3.18. The molecule has 3 aromatic rings. The molecule has 0 saturated heterocycles. The van der Waals surface area contributed by atoms with E-state index in [1.165, 1.54) is 0 Å². The van der Waals surface area contributed by atoms with Gasteiger partial charge in [-0.25, -0.2) is 0 Å². The van der Waals surface area contributed by atoms with Crippen LogP contribution >= 0.6 is 11.6 Å². The predicted molar refractivity (Wildman–Crippen MR) is 86.6 cm³/mol. The zero-order valence-electron chi connectivity index (χ0n) is 11.2. The Bertz CT molecular complexity index is 822. The maximum absolute atomic E-state index is 12.2. The summed E-state index contributed by atoms with van der Waals surface area (Å²) in [6, 6.07) is 16.7. The highest BCUT2D eigenvalue weighted by Crippen LogP contribution is 2.15. The molecule has 0 aliphatic carbocycles. The Morgan fingerprint density at radius 3 is 2.67 bits per heavy atom. The van der Waals surface area contributed by atoms with Gasteiger partial charge in [0, 0.05) is 22.2 Å². The lowest BCUT2D eigenvalue weighted by Crippen LogP contribution is -1.94. The number of carbonyl (C=O) groups excluding carboxylic acids is 1. The van der Waals surface area contributed by atoms with Crippen molar-refractivity contribution in [3.05, 3.63) is 83.0 Å². The summed E-state index contributed by atoms with van der Waals surface area (Å²) in [6.07, 6.45) is 5.09. The molecule has 0 radical (unpaired) electrons. The summed E-state index contributed by atoms with van der Waals surface area (Å²) in [5, 5.41) is 1.64. The summed E-state index contributed by atoms with van der Waals surface area (Å²) >= 11 is 5.83. The van der Waals surface area contributed by atoms with Crippen molar-refractivity contribution in [3.8, 4) is 0 Å². The van der Waals surface area contributed by atoms with E-state index in [4.69, 9.17) is 11.6 Å². The first kappa shape index (κ1) is 13.5. The molecule has 1 aromatic heterocycles. The Labute approximate surface area is 127 Å². The topological polar surface area (TPSA) is 30.0 Å². The molecule has 0 N–H and O–H groups in total. The van der Waals surface area contributed by atoms with Crippen molar-refractivity contribution in [2.75, 3.05) is 0 Å². The van der Waals surface area contributed by atoms with Crippen molar-refractivity contribution in [3.63, 3.8) is 0 Å². The third-order valence-electron chi connectivity index (χ3n) is 3.18. The van der Waals surface area contributed by atoms with Gasteiger partial charge in [0.25, 0.3) is 0 Å². The Hall–Kier alpha value is -2.45. The van der Waals surface area contributed by atoms with Gasteiger partial charge in [-0.15, -0.1) is 0 Å². The quantitative estimate of drug-likeness (QED) is 0.513. The van der Waals surface area contributed by atoms with Gasteiger partial charge in [0.05, 0.1) is 5.52 Å². The Morgan fingerprint density at radius 2 is 1.86 bits per heavy atom. The molecule has 0 atom stereocenters. The number of benzene rings is 2. The highest BCUT2D eigenvalue weighted by Gasteiger charge is 2.03. The summed E-state index contributed by atoms with van der Waals surface area (Å²) in [6.45, 7) is 0. The fourth-order valence-electron chi connectivity index (χ4n) is 2.07. The molecule has 3 rings (SSSR count). The standard InChI is InChI=1S/C18H12ClNO/c19-16-7-3-13(4-8-16)5-10-18(21)15-6-9-17-14(12-15)2-1-11-20-17/h1-12H/b10-5+. The van der Waals surface area contributed by atoms with Gasteiger partial charge < -0.3 is 0 Å². The number of pyridine rings is 1. The number of allylic oxidation sites excluding steroid dienone is 1. The van der Waals surface area contributed by atoms with Gasteiger partial charge in [0.2, 0.25) is 0 Å². The molecule has 0 spiro atoms. The SMILES string of the molecule is O=C(/C=C/c1ccc(Cl)cc1)c1ccc2ncccc2c1. The van der Waals surface area contributed by atoms with Crippen molar-refractivity contribution in [1.82, 2.24) is 4.98 Å². The van der Waals surface area contributed by atoms with Crippen LogP contribution in [0.5, 0.6) is 0 Å². The number of carbonyl (C=O) groups is 1. The second-order valence-electron chi connectivity index (χ2n) is 4.66. The predicted octanol–water partition coefficient (Wildman–Crippen LogP) is 4.78. The van der Waals surface area contributed by atoms with E-state index in [1.54, 1.807) is 36.5 Å². The van der Waals surface area contributed by atoms with Crippen LogP contribution in [0.15, 0.2) is 66.9 Å². The van der Waals surface area contributed by atoms with Gasteiger partial charge in [0.15, 0.2) is 5.78 Å². The molecule has 0 bridgehead atoms. The molecule has 1 heterocycles. The summed E-state index contributed by atoms with van der Waals surface area (Å²) in [5.41, 5.74) is 2.48. The van der Waals surface area contributed by atoms with E-state index in [2.05, 4.69) is 4.98 Å². The van der Waals surface area contributed by atoms with E-state index in [0.29, 0.717) is 10.6 Å². The normalized spacial score (nSPS) is 11.1. The highest BCUT2D eigenvalue weighted by molar-refractivity contribution is 6.30. The molecular formula is C18H12ClNO. The first-order valence-electron chi connectivity index (χ1n) is 6.55. The van der Waals surface area contributed by atoms with Crippen LogP contribution < -0.4 is 0 Å². The molecule has 0 fully saturated rings. The van der Waals surface area contributed by atoms with Crippen LogP contribution in [0.4, 0.5) is 0 Å². The van der Waals surface area contributed by atoms with Crippen molar-refractivity contribution in [2.24, 2.45) is 0 Å². The molecule has 21 heavy (non-hydrogen) atoms. The van der Waals surface area contributed by atoms with Crippen molar-refractivity contribution in [2.45, 2.75) is 0 Å². The van der Waals surface area contributed by atoms with Gasteiger partial charge in [-0.3, -0.25) is 9.78 Å². The minimum atomic E-state index is -0.0318. The largest absolute Gasteiger partial charge is 0.289 e.